The van der Waals surface area contributed by atoms with Crippen molar-refractivity contribution in [3.63, 3.8) is 0 Å². The maximum absolute atomic E-state index is 11.3. The van der Waals surface area contributed by atoms with Gasteiger partial charge in [-0.05, 0) is 13.0 Å². The third-order valence-electron chi connectivity index (χ3n) is 2.70. The van der Waals surface area contributed by atoms with Crippen molar-refractivity contribution in [2.24, 2.45) is 0 Å². The van der Waals surface area contributed by atoms with E-state index >= 15 is 0 Å². The molecule has 0 saturated carbocycles. The molecule has 0 aliphatic carbocycles. The van der Waals surface area contributed by atoms with Crippen LogP contribution in [0.1, 0.15) is 18.9 Å². The van der Waals surface area contributed by atoms with E-state index < -0.39 is 0 Å². The van der Waals surface area contributed by atoms with Gasteiger partial charge in [-0.25, -0.2) is 0 Å². The summed E-state index contributed by atoms with van der Waals surface area (Å²) in [6.45, 7) is 3.85. The molecule has 0 saturated heterocycles. The molecule has 0 unspecified atom stereocenters. The lowest BCUT2D eigenvalue weighted by molar-refractivity contribution is -0.120. The topological polar surface area (TPSA) is 59.6 Å². The number of hydrogen-bond acceptors (Lipinski definition) is 4. The summed E-state index contributed by atoms with van der Waals surface area (Å²) in [6.07, 6.45) is 0.472. The van der Waals surface area contributed by atoms with E-state index in [1.54, 1.807) is 14.2 Å². The summed E-state index contributed by atoms with van der Waals surface area (Å²) in [5.41, 5.74) is 1.01. The highest BCUT2D eigenvalue weighted by Crippen LogP contribution is 2.30. The smallest absolute Gasteiger partial charge is 0.221 e. The molecule has 1 amide bonds. The minimum absolute atomic E-state index is 0.0626. The summed E-state index contributed by atoms with van der Waals surface area (Å²) in [6, 6.07) is 5.75. The number of carbonyl (C=O) groups excluding carboxylic acids is 1. The Morgan fingerprint density at radius 3 is 2.68 bits per heavy atom. The molecule has 0 spiro atoms. The Bertz CT molecular complexity index is 408. The molecule has 1 aromatic carbocycles. The van der Waals surface area contributed by atoms with Crippen LogP contribution in [0.4, 0.5) is 0 Å². The highest BCUT2D eigenvalue weighted by Gasteiger charge is 2.08. The lowest BCUT2D eigenvalue weighted by atomic mass is 10.2. The van der Waals surface area contributed by atoms with Gasteiger partial charge in [0.05, 0.1) is 14.2 Å². The van der Waals surface area contributed by atoms with E-state index in [-0.39, 0.29) is 5.91 Å². The second kappa shape index (κ2) is 8.37. The molecule has 5 nitrogen and oxygen atoms in total. The van der Waals surface area contributed by atoms with Crippen LogP contribution in [-0.2, 0) is 11.3 Å². The number of hydrogen-bond donors (Lipinski definition) is 2. The second-order valence-corrected chi connectivity index (χ2v) is 4.03. The molecule has 0 aliphatic heterocycles. The number of rotatable bonds is 8. The number of ether oxygens (including phenoxy) is 2. The van der Waals surface area contributed by atoms with Crippen LogP contribution in [0.25, 0.3) is 0 Å². The molecule has 0 fully saturated rings. The van der Waals surface area contributed by atoms with Crippen molar-refractivity contribution in [1.82, 2.24) is 10.6 Å². The number of carbonyl (C=O) groups is 1. The van der Waals surface area contributed by atoms with Gasteiger partial charge in [-0.1, -0.05) is 12.1 Å². The van der Waals surface area contributed by atoms with Crippen LogP contribution in [0.2, 0.25) is 0 Å². The Hall–Kier alpha value is -1.75. The molecule has 0 bridgehead atoms. The third kappa shape index (κ3) is 4.79. The summed E-state index contributed by atoms with van der Waals surface area (Å²) in [5.74, 6) is 1.51. The van der Waals surface area contributed by atoms with E-state index in [0.717, 1.165) is 11.3 Å². The highest BCUT2D eigenvalue weighted by molar-refractivity contribution is 5.75. The summed E-state index contributed by atoms with van der Waals surface area (Å²) >= 11 is 0. The average Bonchev–Trinajstić information content (AvgIpc) is 2.43. The van der Waals surface area contributed by atoms with Gasteiger partial charge in [0.25, 0.3) is 0 Å². The van der Waals surface area contributed by atoms with Crippen LogP contribution in [-0.4, -0.2) is 33.2 Å². The molecule has 5 heteroatoms. The Morgan fingerprint density at radius 1 is 1.26 bits per heavy atom. The van der Waals surface area contributed by atoms with E-state index in [2.05, 4.69) is 10.6 Å². The van der Waals surface area contributed by atoms with E-state index in [4.69, 9.17) is 9.47 Å². The predicted octanol–water partition coefficient (Wildman–Crippen LogP) is 1.32. The highest BCUT2D eigenvalue weighted by atomic mass is 16.5. The predicted molar refractivity (Wildman–Crippen MR) is 74.6 cm³/mol. The van der Waals surface area contributed by atoms with Gasteiger partial charge >= 0.3 is 0 Å². The fourth-order valence-corrected chi connectivity index (χ4v) is 1.80. The normalized spacial score (nSPS) is 10.1. The largest absolute Gasteiger partial charge is 0.493 e. The van der Waals surface area contributed by atoms with Gasteiger partial charge in [0.2, 0.25) is 5.91 Å². The molecule has 0 heterocycles. The van der Waals surface area contributed by atoms with E-state index in [1.165, 1.54) is 0 Å². The second-order valence-electron chi connectivity index (χ2n) is 4.03. The number of para-hydroxylation sites is 1. The number of benzene rings is 1. The average molecular weight is 266 g/mol. The first-order valence-corrected chi connectivity index (χ1v) is 6.40. The van der Waals surface area contributed by atoms with Crippen molar-refractivity contribution in [2.75, 3.05) is 27.3 Å². The minimum atomic E-state index is 0.0626. The Balaban J connectivity index is 2.47. The summed E-state index contributed by atoms with van der Waals surface area (Å²) in [4.78, 5) is 11.3. The van der Waals surface area contributed by atoms with Gasteiger partial charge in [0.1, 0.15) is 0 Å². The lowest BCUT2D eigenvalue weighted by Gasteiger charge is -2.13. The third-order valence-corrected chi connectivity index (χ3v) is 2.70. The first-order valence-electron chi connectivity index (χ1n) is 6.40. The van der Waals surface area contributed by atoms with Gasteiger partial charge in [0.15, 0.2) is 11.5 Å². The molecule has 1 rings (SSSR count). The molecule has 0 atom stereocenters. The Labute approximate surface area is 114 Å². The number of nitrogens with one attached hydrogen (secondary N) is 2. The fourth-order valence-electron chi connectivity index (χ4n) is 1.80. The monoisotopic (exact) mass is 266 g/mol. The van der Waals surface area contributed by atoms with Gasteiger partial charge in [0, 0.05) is 31.6 Å². The number of methoxy groups -OCH3 is 2. The van der Waals surface area contributed by atoms with Gasteiger partial charge < -0.3 is 20.1 Å². The number of amides is 1. The van der Waals surface area contributed by atoms with Crippen LogP contribution in [0.3, 0.4) is 0 Å². The van der Waals surface area contributed by atoms with Gasteiger partial charge in [-0.2, -0.15) is 0 Å². The molecule has 106 valence electrons. The standard InChI is InChI=1S/C14H22N2O3/c1-4-16-13(17)8-9-15-10-11-6-5-7-12(18-2)14(11)19-3/h5-7,15H,4,8-10H2,1-3H3,(H,16,17). The van der Waals surface area contributed by atoms with Crippen molar-refractivity contribution >= 4 is 5.91 Å². The lowest BCUT2D eigenvalue weighted by Crippen LogP contribution is -2.27. The van der Waals surface area contributed by atoms with Gasteiger partial charge in [-0.15, -0.1) is 0 Å². The first kappa shape index (κ1) is 15.3. The molecule has 0 radical (unpaired) electrons. The Morgan fingerprint density at radius 2 is 2.05 bits per heavy atom. The quantitative estimate of drug-likeness (QED) is 0.697. The summed E-state index contributed by atoms with van der Waals surface area (Å²) in [7, 11) is 3.24. The molecule has 1 aromatic rings. The maximum atomic E-state index is 11.3. The van der Waals surface area contributed by atoms with E-state index in [1.807, 2.05) is 25.1 Å². The fraction of sp³-hybridized carbons (Fsp3) is 0.500. The summed E-state index contributed by atoms with van der Waals surface area (Å²) in [5, 5.41) is 5.98. The van der Waals surface area contributed by atoms with Crippen molar-refractivity contribution in [3.05, 3.63) is 23.8 Å². The zero-order chi connectivity index (χ0) is 14.1. The molecule has 0 aliphatic rings. The molecular formula is C14H22N2O3. The van der Waals surface area contributed by atoms with Crippen molar-refractivity contribution in [2.45, 2.75) is 19.9 Å². The Kier molecular flexibility index (Phi) is 6.74. The van der Waals surface area contributed by atoms with Gasteiger partial charge in [-0.3, -0.25) is 4.79 Å². The molecule has 19 heavy (non-hydrogen) atoms. The van der Waals surface area contributed by atoms with Crippen molar-refractivity contribution in [3.8, 4) is 11.5 Å². The maximum Gasteiger partial charge on any atom is 0.221 e. The summed E-state index contributed by atoms with van der Waals surface area (Å²) < 4.78 is 10.6. The molecule has 0 aromatic heterocycles. The molecule has 2 N–H and O–H groups in total. The van der Waals surface area contributed by atoms with Crippen molar-refractivity contribution in [1.29, 1.82) is 0 Å². The van der Waals surface area contributed by atoms with Crippen molar-refractivity contribution < 1.29 is 14.3 Å². The van der Waals surface area contributed by atoms with Crippen LogP contribution >= 0.6 is 0 Å². The zero-order valence-corrected chi connectivity index (χ0v) is 11.8. The zero-order valence-electron chi connectivity index (χ0n) is 11.8. The van der Waals surface area contributed by atoms with Crippen LogP contribution in [0.15, 0.2) is 18.2 Å². The molecular weight excluding hydrogens is 244 g/mol. The van der Waals surface area contributed by atoms with Crippen LogP contribution < -0.4 is 20.1 Å². The first-order chi connectivity index (χ1) is 9.22. The minimum Gasteiger partial charge on any atom is -0.493 e. The van der Waals surface area contributed by atoms with E-state index in [0.29, 0.717) is 31.8 Å². The van der Waals surface area contributed by atoms with Crippen LogP contribution in [0.5, 0.6) is 11.5 Å². The SMILES string of the molecule is CCNC(=O)CCNCc1cccc(OC)c1OC. The van der Waals surface area contributed by atoms with E-state index in [9.17, 15) is 4.79 Å². The van der Waals surface area contributed by atoms with Crippen LogP contribution in [0, 0.1) is 0 Å².